The van der Waals surface area contributed by atoms with Crippen LogP contribution in [0.4, 0.5) is 5.69 Å². The molecule has 0 unspecified atom stereocenters. The van der Waals surface area contributed by atoms with Gasteiger partial charge in [0.25, 0.3) is 5.56 Å². The molecule has 1 fully saturated rings. The van der Waals surface area contributed by atoms with Crippen molar-refractivity contribution in [1.29, 1.82) is 0 Å². The van der Waals surface area contributed by atoms with Crippen LogP contribution in [0.3, 0.4) is 0 Å². The highest BCUT2D eigenvalue weighted by atomic mass is 16.1. The lowest BCUT2D eigenvalue weighted by molar-refractivity contribution is 0.615. The van der Waals surface area contributed by atoms with E-state index in [0.717, 1.165) is 35.3 Å². The second-order valence-corrected chi connectivity index (χ2v) is 5.56. The van der Waals surface area contributed by atoms with Crippen LogP contribution in [0.5, 0.6) is 0 Å². The molecule has 4 heteroatoms. The molecule has 3 rings (SSSR count). The molecule has 0 amide bonds. The Morgan fingerprint density at radius 1 is 1.16 bits per heavy atom. The SMILES string of the molecule is Cc1cc(C)cc(-n2c(=O)c(N)c(C3CC3)n2C)c1. The van der Waals surface area contributed by atoms with Crippen molar-refractivity contribution in [3.63, 3.8) is 0 Å². The maximum Gasteiger partial charge on any atom is 0.294 e. The highest BCUT2D eigenvalue weighted by molar-refractivity contribution is 5.49. The van der Waals surface area contributed by atoms with Crippen LogP contribution < -0.4 is 11.3 Å². The molecule has 100 valence electrons. The number of aromatic nitrogens is 2. The fourth-order valence-corrected chi connectivity index (χ4v) is 2.85. The molecule has 1 aromatic carbocycles. The number of rotatable bonds is 2. The first kappa shape index (κ1) is 12.1. The average Bonchev–Trinajstić information content (AvgIpc) is 3.09. The highest BCUT2D eigenvalue weighted by Gasteiger charge is 2.31. The van der Waals surface area contributed by atoms with Gasteiger partial charge in [0.15, 0.2) is 0 Å². The first-order valence-electron chi connectivity index (χ1n) is 6.65. The molecular formula is C15H19N3O. The molecule has 0 bridgehead atoms. The lowest BCUT2D eigenvalue weighted by Crippen LogP contribution is -2.20. The fraction of sp³-hybridized carbons (Fsp3) is 0.400. The third-order valence-corrected chi connectivity index (χ3v) is 3.76. The molecule has 0 radical (unpaired) electrons. The van der Waals surface area contributed by atoms with Crippen molar-refractivity contribution < 1.29 is 0 Å². The van der Waals surface area contributed by atoms with Crippen LogP contribution in [-0.2, 0) is 7.05 Å². The van der Waals surface area contributed by atoms with E-state index in [2.05, 4.69) is 6.07 Å². The average molecular weight is 257 g/mol. The molecule has 0 spiro atoms. The smallest absolute Gasteiger partial charge is 0.294 e. The molecule has 1 saturated carbocycles. The molecule has 19 heavy (non-hydrogen) atoms. The summed E-state index contributed by atoms with van der Waals surface area (Å²) in [6, 6.07) is 6.14. The van der Waals surface area contributed by atoms with E-state index < -0.39 is 0 Å². The minimum Gasteiger partial charge on any atom is -0.393 e. The summed E-state index contributed by atoms with van der Waals surface area (Å²) in [6.45, 7) is 4.07. The first-order valence-corrected chi connectivity index (χ1v) is 6.65. The Balaban J connectivity index is 2.25. The number of aryl methyl sites for hydroxylation is 2. The van der Waals surface area contributed by atoms with Gasteiger partial charge in [-0.25, -0.2) is 4.68 Å². The third kappa shape index (κ3) is 1.87. The van der Waals surface area contributed by atoms with Gasteiger partial charge >= 0.3 is 0 Å². The predicted molar refractivity (Wildman–Crippen MR) is 76.9 cm³/mol. The van der Waals surface area contributed by atoms with E-state index in [0.29, 0.717) is 11.6 Å². The van der Waals surface area contributed by atoms with Gasteiger partial charge in [-0.3, -0.25) is 9.48 Å². The van der Waals surface area contributed by atoms with Crippen LogP contribution in [0, 0.1) is 13.8 Å². The van der Waals surface area contributed by atoms with Gasteiger partial charge in [-0.2, -0.15) is 0 Å². The monoisotopic (exact) mass is 257 g/mol. The second kappa shape index (κ2) is 4.02. The minimum absolute atomic E-state index is 0.102. The maximum atomic E-state index is 12.4. The minimum atomic E-state index is -0.102. The van der Waals surface area contributed by atoms with Gasteiger partial charge in [-0.15, -0.1) is 0 Å². The molecule has 2 N–H and O–H groups in total. The Kier molecular flexibility index (Phi) is 2.55. The van der Waals surface area contributed by atoms with Crippen LogP contribution in [0.1, 0.15) is 35.6 Å². The summed E-state index contributed by atoms with van der Waals surface area (Å²) in [5.74, 6) is 0.463. The van der Waals surface area contributed by atoms with Crippen LogP contribution in [0.25, 0.3) is 5.69 Å². The summed E-state index contributed by atoms with van der Waals surface area (Å²) in [7, 11) is 1.92. The fourth-order valence-electron chi connectivity index (χ4n) is 2.85. The molecule has 4 nitrogen and oxygen atoms in total. The summed E-state index contributed by atoms with van der Waals surface area (Å²) < 4.78 is 3.60. The van der Waals surface area contributed by atoms with Crippen molar-refractivity contribution in [2.45, 2.75) is 32.6 Å². The van der Waals surface area contributed by atoms with Crippen LogP contribution >= 0.6 is 0 Å². The summed E-state index contributed by atoms with van der Waals surface area (Å²) in [5.41, 5.74) is 10.5. The number of hydrogen-bond donors (Lipinski definition) is 1. The van der Waals surface area contributed by atoms with Gasteiger partial charge in [-0.05, 0) is 49.9 Å². The molecule has 1 aliphatic rings. The molecule has 0 atom stereocenters. The van der Waals surface area contributed by atoms with E-state index in [-0.39, 0.29) is 5.56 Å². The number of anilines is 1. The Bertz CT molecular complexity index is 685. The molecule has 1 aliphatic carbocycles. The number of nitrogen functional groups attached to an aromatic ring is 1. The third-order valence-electron chi connectivity index (χ3n) is 3.76. The van der Waals surface area contributed by atoms with E-state index in [9.17, 15) is 4.79 Å². The summed E-state index contributed by atoms with van der Waals surface area (Å²) in [6.07, 6.45) is 2.27. The molecule has 2 aromatic rings. The highest BCUT2D eigenvalue weighted by Crippen LogP contribution is 2.41. The zero-order valence-corrected chi connectivity index (χ0v) is 11.6. The van der Waals surface area contributed by atoms with E-state index in [1.54, 1.807) is 4.68 Å². The van der Waals surface area contributed by atoms with E-state index in [1.807, 2.05) is 37.7 Å². The number of benzene rings is 1. The van der Waals surface area contributed by atoms with Crippen LogP contribution in [-0.4, -0.2) is 9.36 Å². The van der Waals surface area contributed by atoms with Gasteiger partial charge in [0.2, 0.25) is 0 Å². The quantitative estimate of drug-likeness (QED) is 0.897. The van der Waals surface area contributed by atoms with Crippen molar-refractivity contribution >= 4 is 5.69 Å². The lowest BCUT2D eigenvalue weighted by atomic mass is 10.1. The van der Waals surface area contributed by atoms with Gasteiger partial charge in [0.05, 0.1) is 11.4 Å². The summed E-state index contributed by atoms with van der Waals surface area (Å²) in [4.78, 5) is 12.4. The Hall–Kier alpha value is -1.97. The molecule has 0 saturated heterocycles. The first-order chi connectivity index (χ1) is 8.99. The molecular weight excluding hydrogens is 238 g/mol. The second-order valence-electron chi connectivity index (χ2n) is 5.56. The standard InChI is InChI=1S/C15H19N3O/c1-9-6-10(2)8-12(7-9)18-15(19)13(16)14(17(18)3)11-4-5-11/h6-8,11H,4-5,16H2,1-3H3. The normalized spacial score (nSPS) is 14.9. The van der Waals surface area contributed by atoms with Crippen molar-refractivity contribution in [2.24, 2.45) is 7.05 Å². The predicted octanol–water partition coefficient (Wildman–Crippen LogP) is 2.25. The largest absolute Gasteiger partial charge is 0.393 e. The van der Waals surface area contributed by atoms with E-state index in [4.69, 9.17) is 5.73 Å². The van der Waals surface area contributed by atoms with Crippen molar-refractivity contribution in [2.75, 3.05) is 5.73 Å². The van der Waals surface area contributed by atoms with E-state index >= 15 is 0 Å². The number of nitrogens with zero attached hydrogens (tertiary/aromatic N) is 2. The van der Waals surface area contributed by atoms with E-state index in [1.165, 1.54) is 0 Å². The van der Waals surface area contributed by atoms with Crippen LogP contribution in [0.2, 0.25) is 0 Å². The van der Waals surface area contributed by atoms with Gasteiger partial charge < -0.3 is 5.73 Å². The lowest BCUT2D eigenvalue weighted by Gasteiger charge is -2.11. The Labute approximate surface area is 112 Å². The molecule has 1 aromatic heterocycles. The molecule has 1 heterocycles. The number of nitrogens with two attached hydrogens (primary N) is 1. The Morgan fingerprint density at radius 2 is 1.74 bits per heavy atom. The Morgan fingerprint density at radius 3 is 2.26 bits per heavy atom. The molecule has 0 aliphatic heterocycles. The van der Waals surface area contributed by atoms with Gasteiger partial charge in [0.1, 0.15) is 5.69 Å². The zero-order chi connectivity index (χ0) is 13.7. The zero-order valence-electron chi connectivity index (χ0n) is 11.6. The van der Waals surface area contributed by atoms with Gasteiger partial charge in [-0.1, -0.05) is 6.07 Å². The number of hydrogen-bond acceptors (Lipinski definition) is 2. The maximum absolute atomic E-state index is 12.4. The van der Waals surface area contributed by atoms with Crippen LogP contribution in [0.15, 0.2) is 23.0 Å². The topological polar surface area (TPSA) is 52.9 Å². The van der Waals surface area contributed by atoms with Crippen molar-refractivity contribution in [1.82, 2.24) is 9.36 Å². The summed E-state index contributed by atoms with van der Waals surface area (Å²) >= 11 is 0. The van der Waals surface area contributed by atoms with Crippen molar-refractivity contribution in [3.8, 4) is 5.69 Å². The van der Waals surface area contributed by atoms with Gasteiger partial charge in [0, 0.05) is 13.0 Å². The summed E-state index contributed by atoms with van der Waals surface area (Å²) in [5, 5.41) is 0. The van der Waals surface area contributed by atoms with Crippen molar-refractivity contribution in [3.05, 3.63) is 45.4 Å².